The van der Waals surface area contributed by atoms with Gasteiger partial charge in [-0.05, 0) is 35.8 Å². The van der Waals surface area contributed by atoms with E-state index in [1.165, 1.54) is 30.1 Å². The molecule has 0 aliphatic carbocycles. The average Bonchev–Trinajstić information content (AvgIpc) is 2.29. The molecule has 0 N–H and O–H groups in total. The standard InChI is InChI=1S/C13H22PS2/c1-4-11-14(3,12-5-2)16-15-13-9-7-6-8-10-13/h6-10H,4-5,11-12H2,1-3H3/q+1. The maximum Gasteiger partial charge on any atom is 0.0904 e. The molecule has 0 nitrogen and oxygen atoms in total. The molecule has 1 aromatic carbocycles. The summed E-state index contributed by atoms with van der Waals surface area (Å²) in [5, 5.41) is 0. The van der Waals surface area contributed by atoms with E-state index in [1.54, 1.807) is 0 Å². The summed E-state index contributed by atoms with van der Waals surface area (Å²) in [6.45, 7) is 6.37. The van der Waals surface area contributed by atoms with Gasteiger partial charge in [-0.15, -0.1) is 0 Å². The molecule has 0 radical (unpaired) electrons. The van der Waals surface area contributed by atoms with Gasteiger partial charge in [0.05, 0.1) is 35.9 Å². The van der Waals surface area contributed by atoms with Crippen LogP contribution in [0.5, 0.6) is 0 Å². The summed E-state index contributed by atoms with van der Waals surface area (Å²) in [5.41, 5.74) is 0. The Morgan fingerprint density at radius 3 is 2.06 bits per heavy atom. The van der Waals surface area contributed by atoms with Gasteiger partial charge in [0.2, 0.25) is 0 Å². The topological polar surface area (TPSA) is 0 Å². The summed E-state index contributed by atoms with van der Waals surface area (Å²) in [5.74, 6) is 0. The molecule has 0 aliphatic heterocycles. The van der Waals surface area contributed by atoms with Crippen molar-refractivity contribution in [1.82, 2.24) is 0 Å². The van der Waals surface area contributed by atoms with Crippen LogP contribution in [0.3, 0.4) is 0 Å². The van der Waals surface area contributed by atoms with E-state index in [1.807, 2.05) is 10.8 Å². The fourth-order valence-corrected chi connectivity index (χ4v) is 11.0. The van der Waals surface area contributed by atoms with Crippen molar-refractivity contribution < 1.29 is 0 Å². The molecule has 0 unspecified atom stereocenters. The van der Waals surface area contributed by atoms with E-state index in [2.05, 4.69) is 61.3 Å². The Hall–Kier alpha value is 0.350. The SMILES string of the molecule is CCC[P+](C)(CCC)SSc1ccccc1. The Morgan fingerprint density at radius 2 is 1.56 bits per heavy atom. The number of hydrogen-bond donors (Lipinski definition) is 0. The first-order chi connectivity index (χ1) is 7.70. The highest BCUT2D eigenvalue weighted by Crippen LogP contribution is 2.72. The van der Waals surface area contributed by atoms with Crippen molar-refractivity contribution in [2.45, 2.75) is 31.6 Å². The van der Waals surface area contributed by atoms with Crippen molar-refractivity contribution in [3.63, 3.8) is 0 Å². The lowest BCUT2D eigenvalue weighted by atomic mass is 10.4. The summed E-state index contributed by atoms with van der Waals surface area (Å²) in [6.07, 6.45) is 5.50. The van der Waals surface area contributed by atoms with Gasteiger partial charge in [0, 0.05) is 4.90 Å². The Balaban J connectivity index is 2.49. The minimum Gasteiger partial charge on any atom is -0.0622 e. The molecule has 1 aromatic rings. The summed E-state index contributed by atoms with van der Waals surface area (Å²) >= 11 is 0. The molecule has 0 saturated heterocycles. The van der Waals surface area contributed by atoms with Gasteiger partial charge < -0.3 is 0 Å². The van der Waals surface area contributed by atoms with Crippen LogP contribution in [-0.4, -0.2) is 19.0 Å². The zero-order valence-electron chi connectivity index (χ0n) is 10.5. The molecular formula is C13H22PS2+. The highest BCUT2D eigenvalue weighted by Gasteiger charge is 2.31. The van der Waals surface area contributed by atoms with Crippen LogP contribution in [0.2, 0.25) is 0 Å². The van der Waals surface area contributed by atoms with E-state index in [0.717, 1.165) is 0 Å². The highest BCUT2D eigenvalue weighted by molar-refractivity contribution is 9.01. The second kappa shape index (κ2) is 7.63. The smallest absolute Gasteiger partial charge is 0.0622 e. The minimum absolute atomic E-state index is 0.755. The summed E-state index contributed by atoms with van der Waals surface area (Å²) in [6, 6.07) is 10.7. The fourth-order valence-electron chi connectivity index (χ4n) is 1.74. The lowest BCUT2D eigenvalue weighted by molar-refractivity contribution is 1.05. The third-order valence-corrected chi connectivity index (χ3v) is 13.0. The molecule has 0 aromatic heterocycles. The van der Waals surface area contributed by atoms with Crippen molar-refractivity contribution >= 4 is 27.7 Å². The molecule has 90 valence electrons. The first-order valence-corrected chi connectivity index (χ1v) is 11.3. The normalized spacial score (nSPS) is 11.7. The van der Waals surface area contributed by atoms with Crippen molar-refractivity contribution in [1.29, 1.82) is 0 Å². The maximum atomic E-state index is 2.51. The molecule has 0 amide bonds. The quantitative estimate of drug-likeness (QED) is 0.454. The summed E-state index contributed by atoms with van der Waals surface area (Å²) < 4.78 is 0. The summed E-state index contributed by atoms with van der Waals surface area (Å²) in [7, 11) is 4.13. The number of benzene rings is 1. The van der Waals surface area contributed by atoms with Crippen LogP contribution >= 0.6 is 27.7 Å². The molecule has 0 atom stereocenters. The van der Waals surface area contributed by atoms with Crippen molar-refractivity contribution in [2.24, 2.45) is 0 Å². The van der Waals surface area contributed by atoms with Gasteiger partial charge >= 0.3 is 0 Å². The molecule has 0 spiro atoms. The minimum atomic E-state index is -0.755. The van der Waals surface area contributed by atoms with E-state index in [9.17, 15) is 0 Å². The van der Waals surface area contributed by atoms with E-state index in [-0.39, 0.29) is 0 Å². The van der Waals surface area contributed by atoms with Crippen LogP contribution in [0.25, 0.3) is 0 Å². The first kappa shape index (κ1) is 14.4. The molecule has 0 saturated carbocycles. The van der Waals surface area contributed by atoms with Crippen LogP contribution in [0.1, 0.15) is 26.7 Å². The van der Waals surface area contributed by atoms with Crippen LogP contribution in [0.4, 0.5) is 0 Å². The van der Waals surface area contributed by atoms with E-state index in [4.69, 9.17) is 0 Å². The van der Waals surface area contributed by atoms with Crippen molar-refractivity contribution in [3.05, 3.63) is 30.3 Å². The molecule has 1 rings (SSSR count). The van der Waals surface area contributed by atoms with Crippen LogP contribution in [0.15, 0.2) is 35.2 Å². The molecule has 0 aliphatic rings. The molecule has 3 heteroatoms. The predicted octanol–water partition coefficient (Wildman–Crippen LogP) is 5.81. The Bertz CT molecular complexity index is 281. The van der Waals surface area contributed by atoms with E-state index in [0.29, 0.717) is 0 Å². The lowest BCUT2D eigenvalue weighted by Gasteiger charge is -2.19. The Morgan fingerprint density at radius 1 is 1.00 bits per heavy atom. The average molecular weight is 273 g/mol. The van der Waals surface area contributed by atoms with Gasteiger partial charge in [0.15, 0.2) is 0 Å². The van der Waals surface area contributed by atoms with Gasteiger partial charge in [-0.3, -0.25) is 0 Å². The van der Waals surface area contributed by atoms with Crippen LogP contribution in [0, 0.1) is 0 Å². The summed E-state index contributed by atoms with van der Waals surface area (Å²) in [4.78, 5) is 1.39. The Kier molecular flexibility index (Phi) is 6.87. The number of rotatable bonds is 7. The molecule has 0 fully saturated rings. The molecule has 16 heavy (non-hydrogen) atoms. The molecule has 0 bridgehead atoms. The first-order valence-electron chi connectivity index (χ1n) is 5.96. The third-order valence-electron chi connectivity index (χ3n) is 2.45. The van der Waals surface area contributed by atoms with Gasteiger partial charge in [-0.25, -0.2) is 0 Å². The zero-order valence-corrected chi connectivity index (χ0v) is 13.0. The van der Waals surface area contributed by atoms with Crippen LogP contribution in [-0.2, 0) is 0 Å². The Labute approximate surface area is 108 Å². The lowest BCUT2D eigenvalue weighted by Crippen LogP contribution is -1.95. The molecular weight excluding hydrogens is 251 g/mol. The highest BCUT2D eigenvalue weighted by atomic mass is 33.3. The van der Waals surface area contributed by atoms with Gasteiger partial charge in [-0.2, -0.15) is 0 Å². The van der Waals surface area contributed by atoms with Gasteiger partial charge in [0.1, 0.15) is 0 Å². The predicted molar refractivity (Wildman–Crippen MR) is 83.1 cm³/mol. The fraction of sp³-hybridized carbons (Fsp3) is 0.538. The largest absolute Gasteiger partial charge is 0.0904 e. The van der Waals surface area contributed by atoms with E-state index < -0.39 is 6.46 Å². The molecule has 0 heterocycles. The number of hydrogen-bond acceptors (Lipinski definition) is 2. The van der Waals surface area contributed by atoms with Crippen LogP contribution < -0.4 is 0 Å². The van der Waals surface area contributed by atoms with Crippen molar-refractivity contribution in [3.8, 4) is 0 Å². The second-order valence-electron chi connectivity index (χ2n) is 4.21. The third kappa shape index (κ3) is 5.12. The van der Waals surface area contributed by atoms with Gasteiger partial charge in [-0.1, -0.05) is 32.0 Å². The maximum absolute atomic E-state index is 2.51. The zero-order chi connectivity index (χ0) is 11.9. The monoisotopic (exact) mass is 273 g/mol. The van der Waals surface area contributed by atoms with Crippen molar-refractivity contribution in [2.75, 3.05) is 19.0 Å². The van der Waals surface area contributed by atoms with E-state index >= 15 is 0 Å². The van der Waals surface area contributed by atoms with Gasteiger partial charge in [0.25, 0.3) is 0 Å². The second-order valence-corrected chi connectivity index (χ2v) is 13.4.